The third-order valence-electron chi connectivity index (χ3n) is 2.76. The van der Waals surface area contributed by atoms with E-state index in [2.05, 4.69) is 11.4 Å². The highest BCUT2D eigenvalue weighted by Gasteiger charge is 2.04. The maximum Gasteiger partial charge on any atom is 0.120 e. The van der Waals surface area contributed by atoms with Crippen LogP contribution in [0.5, 0.6) is 0 Å². The lowest BCUT2D eigenvalue weighted by Crippen LogP contribution is -1.98. The largest absolute Gasteiger partial charge is 0.381 e. The van der Waals surface area contributed by atoms with Crippen LogP contribution in [0.25, 0.3) is 0 Å². The van der Waals surface area contributed by atoms with Crippen LogP contribution in [0.4, 0.5) is 5.69 Å². The first kappa shape index (κ1) is 13.0. The predicted molar refractivity (Wildman–Crippen MR) is 73.6 cm³/mol. The summed E-state index contributed by atoms with van der Waals surface area (Å²) in [5, 5.41) is 21.4. The van der Waals surface area contributed by atoms with E-state index in [0.29, 0.717) is 22.8 Å². The molecule has 0 amide bonds. The molecule has 2 aromatic rings. The zero-order chi connectivity index (χ0) is 13.8. The Morgan fingerprint density at radius 1 is 1.26 bits per heavy atom. The van der Waals surface area contributed by atoms with E-state index >= 15 is 0 Å². The van der Waals surface area contributed by atoms with Gasteiger partial charge >= 0.3 is 0 Å². The molecule has 2 rings (SSSR count). The molecule has 1 N–H and O–H groups in total. The Labute approximate surface area is 116 Å². The average molecular weight is 271 g/mol. The molecule has 0 saturated carbocycles. The van der Waals surface area contributed by atoms with E-state index in [0.717, 1.165) is 11.3 Å². The van der Waals surface area contributed by atoms with E-state index < -0.39 is 0 Å². The number of halogens is 1. The summed E-state index contributed by atoms with van der Waals surface area (Å²) in [4.78, 5) is 0. The molecule has 0 unspecified atom stereocenters. The number of hydrogen-bond donors (Lipinski definition) is 1. The van der Waals surface area contributed by atoms with Crippen LogP contribution in [0.15, 0.2) is 30.5 Å². The molecule has 0 aliphatic heterocycles. The number of rotatable bonds is 3. The van der Waals surface area contributed by atoms with Crippen LogP contribution >= 0.6 is 11.6 Å². The van der Waals surface area contributed by atoms with E-state index in [9.17, 15) is 0 Å². The summed E-state index contributed by atoms with van der Waals surface area (Å²) in [6.07, 6.45) is 1.90. The minimum atomic E-state index is 0.442. The van der Waals surface area contributed by atoms with Crippen molar-refractivity contribution in [2.45, 2.75) is 6.54 Å². The third kappa shape index (κ3) is 2.88. The van der Waals surface area contributed by atoms with Gasteiger partial charge in [-0.05, 0) is 29.8 Å². The van der Waals surface area contributed by atoms with Gasteiger partial charge in [-0.15, -0.1) is 0 Å². The highest BCUT2D eigenvalue weighted by Crippen LogP contribution is 2.20. The Morgan fingerprint density at radius 3 is 2.68 bits per heavy atom. The molecule has 0 bridgehead atoms. The van der Waals surface area contributed by atoms with Gasteiger partial charge in [0.1, 0.15) is 17.8 Å². The Hall–Kier alpha value is -2.43. The molecule has 0 fully saturated rings. The first-order valence-corrected chi connectivity index (χ1v) is 6.00. The van der Waals surface area contributed by atoms with E-state index in [4.69, 9.17) is 22.1 Å². The van der Waals surface area contributed by atoms with E-state index in [-0.39, 0.29) is 0 Å². The Bertz CT molecular complexity index is 688. The second-order valence-corrected chi connectivity index (χ2v) is 4.52. The Kier molecular flexibility index (Phi) is 3.75. The van der Waals surface area contributed by atoms with Gasteiger partial charge in [-0.3, -0.25) is 0 Å². The van der Waals surface area contributed by atoms with Crippen molar-refractivity contribution in [2.24, 2.45) is 7.05 Å². The molecule has 0 saturated heterocycles. The Balaban J connectivity index is 2.11. The summed E-state index contributed by atoms with van der Waals surface area (Å²) < 4.78 is 1.78. The quantitative estimate of drug-likeness (QED) is 0.932. The predicted octanol–water partition coefficient (Wildman–Crippen LogP) is 3.03. The van der Waals surface area contributed by atoms with Crippen LogP contribution in [0, 0.1) is 22.7 Å². The summed E-state index contributed by atoms with van der Waals surface area (Å²) in [7, 11) is 1.83. The zero-order valence-corrected chi connectivity index (χ0v) is 11.1. The topological polar surface area (TPSA) is 64.5 Å². The highest BCUT2D eigenvalue weighted by atomic mass is 35.5. The van der Waals surface area contributed by atoms with Crippen molar-refractivity contribution in [2.75, 3.05) is 5.32 Å². The molecule has 19 heavy (non-hydrogen) atoms. The molecule has 0 atom stereocenters. The summed E-state index contributed by atoms with van der Waals surface area (Å²) in [5.74, 6) is 0. The van der Waals surface area contributed by atoms with Crippen LogP contribution in [-0.4, -0.2) is 4.57 Å². The van der Waals surface area contributed by atoms with Gasteiger partial charge in [0.05, 0.1) is 10.6 Å². The summed E-state index contributed by atoms with van der Waals surface area (Å²) in [6.45, 7) is 0.585. The minimum absolute atomic E-state index is 0.442. The first-order valence-electron chi connectivity index (χ1n) is 5.63. The molecular formula is C14H11ClN4. The van der Waals surface area contributed by atoms with Crippen molar-refractivity contribution in [3.63, 3.8) is 0 Å². The molecule has 0 spiro atoms. The van der Waals surface area contributed by atoms with Gasteiger partial charge in [0.2, 0.25) is 0 Å². The lowest BCUT2D eigenvalue weighted by molar-refractivity contribution is 0.902. The van der Waals surface area contributed by atoms with E-state index in [1.165, 1.54) is 0 Å². The lowest BCUT2D eigenvalue weighted by Gasteiger charge is -2.05. The zero-order valence-electron chi connectivity index (χ0n) is 10.3. The van der Waals surface area contributed by atoms with Crippen molar-refractivity contribution in [3.8, 4) is 12.1 Å². The van der Waals surface area contributed by atoms with Crippen molar-refractivity contribution in [1.29, 1.82) is 10.5 Å². The highest BCUT2D eigenvalue weighted by molar-refractivity contribution is 6.31. The maximum atomic E-state index is 8.90. The minimum Gasteiger partial charge on any atom is -0.381 e. The van der Waals surface area contributed by atoms with E-state index in [1.807, 2.05) is 31.4 Å². The monoisotopic (exact) mass is 270 g/mol. The van der Waals surface area contributed by atoms with Gasteiger partial charge < -0.3 is 9.88 Å². The van der Waals surface area contributed by atoms with Gasteiger partial charge in [0, 0.05) is 25.5 Å². The van der Waals surface area contributed by atoms with Crippen LogP contribution in [0.2, 0.25) is 5.02 Å². The fraction of sp³-hybridized carbons (Fsp3) is 0.143. The summed E-state index contributed by atoms with van der Waals surface area (Å²) in [6, 6.07) is 11.2. The molecule has 1 aromatic heterocycles. The van der Waals surface area contributed by atoms with Crippen LogP contribution in [0.1, 0.15) is 16.8 Å². The number of benzene rings is 1. The molecule has 0 radical (unpaired) electrons. The molecule has 94 valence electrons. The molecule has 1 heterocycles. The lowest BCUT2D eigenvalue weighted by atomic mass is 10.2. The number of nitrogens with zero attached hydrogens (tertiary/aromatic N) is 3. The number of aryl methyl sites for hydroxylation is 1. The van der Waals surface area contributed by atoms with Crippen molar-refractivity contribution >= 4 is 17.3 Å². The smallest absolute Gasteiger partial charge is 0.120 e. The summed E-state index contributed by atoms with van der Waals surface area (Å²) in [5.41, 5.74) is 2.89. The van der Waals surface area contributed by atoms with Gasteiger partial charge in [-0.2, -0.15) is 10.5 Å². The van der Waals surface area contributed by atoms with Crippen LogP contribution < -0.4 is 5.32 Å². The molecule has 0 aliphatic carbocycles. The standard InChI is InChI=1S/C14H11ClN4/c1-19-9-10(4-13(19)7-17)8-18-12-2-3-14(15)11(5-12)6-16/h2-5,9,18H,8H2,1H3. The number of aromatic nitrogens is 1. The van der Waals surface area contributed by atoms with Crippen LogP contribution in [-0.2, 0) is 13.6 Å². The second kappa shape index (κ2) is 5.48. The average Bonchev–Trinajstić information content (AvgIpc) is 2.78. The summed E-state index contributed by atoms with van der Waals surface area (Å²) >= 11 is 5.87. The third-order valence-corrected chi connectivity index (χ3v) is 3.09. The number of hydrogen-bond acceptors (Lipinski definition) is 3. The molecule has 4 nitrogen and oxygen atoms in total. The van der Waals surface area contributed by atoms with Crippen molar-refractivity contribution in [1.82, 2.24) is 4.57 Å². The number of anilines is 1. The van der Waals surface area contributed by atoms with Gasteiger partial charge in [0.25, 0.3) is 0 Å². The van der Waals surface area contributed by atoms with Crippen molar-refractivity contribution < 1.29 is 0 Å². The van der Waals surface area contributed by atoms with Gasteiger partial charge in [-0.25, -0.2) is 0 Å². The van der Waals surface area contributed by atoms with Gasteiger partial charge in [0.15, 0.2) is 0 Å². The SMILES string of the molecule is Cn1cc(CNc2ccc(Cl)c(C#N)c2)cc1C#N. The molecule has 0 aliphatic rings. The maximum absolute atomic E-state index is 8.90. The Morgan fingerprint density at radius 2 is 2.05 bits per heavy atom. The van der Waals surface area contributed by atoms with Crippen molar-refractivity contribution in [3.05, 3.63) is 52.3 Å². The normalized spacial score (nSPS) is 9.68. The second-order valence-electron chi connectivity index (χ2n) is 4.12. The molecular weight excluding hydrogens is 260 g/mol. The fourth-order valence-electron chi connectivity index (χ4n) is 1.77. The fourth-order valence-corrected chi connectivity index (χ4v) is 1.93. The number of nitriles is 2. The van der Waals surface area contributed by atoms with E-state index in [1.54, 1.807) is 16.7 Å². The first-order chi connectivity index (χ1) is 9.13. The molecule has 5 heteroatoms. The molecule has 1 aromatic carbocycles. The van der Waals surface area contributed by atoms with Gasteiger partial charge in [-0.1, -0.05) is 11.6 Å². The number of nitrogens with one attached hydrogen (secondary N) is 1. The van der Waals surface area contributed by atoms with Crippen LogP contribution in [0.3, 0.4) is 0 Å².